The molecule has 2 aromatic carbocycles. The molecule has 1 aliphatic heterocycles. The summed E-state index contributed by atoms with van der Waals surface area (Å²) in [5, 5.41) is 2.91. The molecular formula is C23H27N3O3. The highest BCUT2D eigenvalue weighted by Crippen LogP contribution is 2.26. The van der Waals surface area contributed by atoms with Gasteiger partial charge in [-0.1, -0.05) is 41.5 Å². The Labute approximate surface area is 171 Å². The van der Waals surface area contributed by atoms with Crippen LogP contribution >= 0.6 is 0 Å². The minimum atomic E-state index is -0.644. The minimum absolute atomic E-state index is 0.221. The predicted octanol–water partition coefficient (Wildman–Crippen LogP) is 3.65. The van der Waals surface area contributed by atoms with Gasteiger partial charge in [0.1, 0.15) is 12.6 Å². The van der Waals surface area contributed by atoms with Crippen LogP contribution in [0.3, 0.4) is 0 Å². The number of rotatable bonds is 5. The van der Waals surface area contributed by atoms with Gasteiger partial charge in [-0.05, 0) is 57.9 Å². The molecule has 6 nitrogen and oxygen atoms in total. The molecule has 0 radical (unpaired) electrons. The molecule has 152 valence electrons. The van der Waals surface area contributed by atoms with Crippen LogP contribution < -0.4 is 10.2 Å². The number of nitrogens with one attached hydrogen (secondary N) is 1. The fourth-order valence-electron chi connectivity index (χ4n) is 3.65. The molecule has 1 N–H and O–H groups in total. The highest BCUT2D eigenvalue weighted by molar-refractivity contribution is 6.15. The van der Waals surface area contributed by atoms with Crippen molar-refractivity contribution < 1.29 is 14.4 Å². The fourth-order valence-corrected chi connectivity index (χ4v) is 3.65. The van der Waals surface area contributed by atoms with Crippen molar-refractivity contribution in [1.82, 2.24) is 10.2 Å². The Morgan fingerprint density at radius 1 is 1.03 bits per heavy atom. The van der Waals surface area contributed by atoms with Crippen LogP contribution in [0.2, 0.25) is 0 Å². The summed E-state index contributed by atoms with van der Waals surface area (Å²) in [5.41, 5.74) is 4.92. The Bertz CT molecular complexity index is 952. The molecule has 1 fully saturated rings. The van der Waals surface area contributed by atoms with E-state index in [1.54, 1.807) is 6.92 Å². The molecule has 0 aliphatic carbocycles. The van der Waals surface area contributed by atoms with Gasteiger partial charge in [-0.25, -0.2) is 4.79 Å². The Balaban J connectivity index is 1.71. The van der Waals surface area contributed by atoms with Crippen molar-refractivity contribution in [3.63, 3.8) is 0 Å². The maximum absolute atomic E-state index is 12.9. The van der Waals surface area contributed by atoms with Crippen LogP contribution in [0.4, 0.5) is 10.5 Å². The van der Waals surface area contributed by atoms with Crippen LogP contribution in [0.15, 0.2) is 42.5 Å². The van der Waals surface area contributed by atoms with E-state index < -0.39 is 12.1 Å². The summed E-state index contributed by atoms with van der Waals surface area (Å²) in [7, 11) is 0. The van der Waals surface area contributed by atoms with Crippen LogP contribution in [0.5, 0.6) is 0 Å². The highest BCUT2D eigenvalue weighted by Gasteiger charge is 2.44. The molecule has 1 heterocycles. The van der Waals surface area contributed by atoms with E-state index in [-0.39, 0.29) is 24.4 Å². The molecule has 0 bridgehead atoms. The molecule has 29 heavy (non-hydrogen) atoms. The number of carbonyl (C=O) groups excluding carboxylic acids is 3. The number of aryl methyl sites for hydroxylation is 3. The summed E-state index contributed by atoms with van der Waals surface area (Å²) in [6.07, 6.45) is 0. The van der Waals surface area contributed by atoms with E-state index in [9.17, 15) is 14.4 Å². The van der Waals surface area contributed by atoms with Gasteiger partial charge in [0.25, 0.3) is 5.91 Å². The fraction of sp³-hybridized carbons (Fsp3) is 0.348. The molecule has 1 saturated heterocycles. The Kier molecular flexibility index (Phi) is 5.73. The average Bonchev–Trinajstić information content (AvgIpc) is 2.88. The first-order chi connectivity index (χ1) is 13.7. The first kappa shape index (κ1) is 20.6. The normalized spacial score (nSPS) is 17.6. The zero-order valence-corrected chi connectivity index (χ0v) is 17.5. The Morgan fingerprint density at radius 2 is 1.66 bits per heavy atom. The zero-order valence-electron chi connectivity index (χ0n) is 17.5. The number of benzene rings is 2. The van der Waals surface area contributed by atoms with Crippen molar-refractivity contribution in [3.8, 4) is 0 Å². The van der Waals surface area contributed by atoms with Gasteiger partial charge >= 0.3 is 6.03 Å². The third-order valence-corrected chi connectivity index (χ3v) is 5.34. The van der Waals surface area contributed by atoms with Crippen molar-refractivity contribution in [2.75, 3.05) is 11.4 Å². The minimum Gasteiger partial charge on any atom is -0.348 e. The van der Waals surface area contributed by atoms with Gasteiger partial charge in [0.05, 0.1) is 6.04 Å². The molecule has 2 aromatic rings. The van der Waals surface area contributed by atoms with E-state index in [4.69, 9.17) is 0 Å². The van der Waals surface area contributed by atoms with E-state index in [1.807, 2.05) is 70.2 Å². The number of hydrogen-bond donors (Lipinski definition) is 1. The van der Waals surface area contributed by atoms with E-state index in [2.05, 4.69) is 5.32 Å². The summed E-state index contributed by atoms with van der Waals surface area (Å²) in [5.74, 6) is -0.733. The third kappa shape index (κ3) is 4.16. The molecule has 0 spiro atoms. The van der Waals surface area contributed by atoms with Crippen LogP contribution in [-0.2, 0) is 9.59 Å². The lowest BCUT2D eigenvalue weighted by Crippen LogP contribution is -2.42. The topological polar surface area (TPSA) is 69.7 Å². The van der Waals surface area contributed by atoms with Gasteiger partial charge in [0.2, 0.25) is 5.91 Å². The Hall–Kier alpha value is -3.15. The first-order valence-corrected chi connectivity index (χ1v) is 9.76. The SMILES string of the molecule is Cc1ccc(N2C(=O)N(CC(=O)NC(C)c3cc(C)ccc3C)C(=O)C2C)cc1. The van der Waals surface area contributed by atoms with E-state index in [1.165, 1.54) is 4.90 Å². The molecule has 2 unspecified atom stereocenters. The summed E-state index contributed by atoms with van der Waals surface area (Å²) < 4.78 is 0. The van der Waals surface area contributed by atoms with Crippen LogP contribution in [-0.4, -0.2) is 35.3 Å². The van der Waals surface area contributed by atoms with Gasteiger partial charge in [-0.3, -0.25) is 19.4 Å². The number of urea groups is 1. The van der Waals surface area contributed by atoms with Gasteiger partial charge in [0.15, 0.2) is 0 Å². The smallest absolute Gasteiger partial charge is 0.332 e. The van der Waals surface area contributed by atoms with E-state index in [0.717, 1.165) is 27.2 Å². The molecule has 4 amide bonds. The summed E-state index contributed by atoms with van der Waals surface area (Å²) >= 11 is 0. The van der Waals surface area contributed by atoms with Gasteiger partial charge in [0, 0.05) is 5.69 Å². The van der Waals surface area contributed by atoms with Crippen molar-refractivity contribution in [2.24, 2.45) is 0 Å². The molecule has 0 aromatic heterocycles. The number of anilines is 1. The standard InChI is InChI=1S/C23H27N3O3/c1-14-7-10-19(11-8-14)26-18(5)22(28)25(23(26)29)13-21(27)24-17(4)20-12-15(2)6-9-16(20)3/h6-12,17-18H,13H2,1-5H3,(H,24,27). The lowest BCUT2D eigenvalue weighted by Gasteiger charge is -2.20. The lowest BCUT2D eigenvalue weighted by molar-refractivity contribution is -0.132. The Morgan fingerprint density at radius 3 is 2.31 bits per heavy atom. The van der Waals surface area contributed by atoms with Crippen LogP contribution in [0, 0.1) is 20.8 Å². The number of amides is 4. The monoisotopic (exact) mass is 393 g/mol. The third-order valence-electron chi connectivity index (χ3n) is 5.34. The first-order valence-electron chi connectivity index (χ1n) is 9.76. The largest absolute Gasteiger partial charge is 0.348 e. The molecular weight excluding hydrogens is 366 g/mol. The number of hydrogen-bond acceptors (Lipinski definition) is 3. The second kappa shape index (κ2) is 8.07. The van der Waals surface area contributed by atoms with Crippen molar-refractivity contribution in [2.45, 2.75) is 46.7 Å². The predicted molar refractivity (Wildman–Crippen MR) is 113 cm³/mol. The second-order valence-corrected chi connectivity index (χ2v) is 7.74. The van der Waals surface area contributed by atoms with Crippen molar-refractivity contribution >= 4 is 23.5 Å². The highest BCUT2D eigenvalue weighted by atomic mass is 16.2. The van der Waals surface area contributed by atoms with Crippen molar-refractivity contribution in [1.29, 1.82) is 0 Å². The van der Waals surface area contributed by atoms with Crippen molar-refractivity contribution in [3.05, 3.63) is 64.7 Å². The average molecular weight is 393 g/mol. The quantitative estimate of drug-likeness (QED) is 0.789. The lowest BCUT2D eigenvalue weighted by atomic mass is 10.00. The summed E-state index contributed by atoms with van der Waals surface area (Å²) in [4.78, 5) is 40.5. The van der Waals surface area contributed by atoms with Gasteiger partial charge in [-0.15, -0.1) is 0 Å². The van der Waals surface area contributed by atoms with E-state index >= 15 is 0 Å². The van der Waals surface area contributed by atoms with Gasteiger partial charge in [-0.2, -0.15) is 0 Å². The van der Waals surface area contributed by atoms with Gasteiger partial charge < -0.3 is 5.32 Å². The van der Waals surface area contributed by atoms with E-state index in [0.29, 0.717) is 5.69 Å². The molecule has 6 heteroatoms. The maximum Gasteiger partial charge on any atom is 0.332 e. The maximum atomic E-state index is 12.9. The molecule has 0 saturated carbocycles. The zero-order chi connectivity index (χ0) is 21.3. The second-order valence-electron chi connectivity index (χ2n) is 7.74. The summed E-state index contributed by atoms with van der Waals surface area (Å²) in [6.45, 7) is 9.23. The number of nitrogens with zero attached hydrogens (tertiary/aromatic N) is 2. The summed E-state index contributed by atoms with van der Waals surface area (Å²) in [6, 6.07) is 12.1. The number of imide groups is 1. The molecule has 3 rings (SSSR count). The van der Waals surface area contributed by atoms with Crippen LogP contribution in [0.25, 0.3) is 0 Å². The molecule has 2 atom stereocenters. The van der Waals surface area contributed by atoms with Crippen LogP contribution in [0.1, 0.15) is 42.1 Å². The molecule has 1 aliphatic rings. The number of carbonyl (C=O) groups is 3.